The second kappa shape index (κ2) is 5.95. The van der Waals surface area contributed by atoms with Crippen molar-refractivity contribution in [3.8, 4) is 11.3 Å². The first-order valence-corrected chi connectivity index (χ1v) is 7.71. The molecule has 1 atom stereocenters. The van der Waals surface area contributed by atoms with E-state index in [-0.39, 0.29) is 6.04 Å². The molecule has 0 fully saturated rings. The molecule has 0 saturated carbocycles. The Morgan fingerprint density at radius 1 is 1.33 bits per heavy atom. The van der Waals surface area contributed by atoms with Crippen LogP contribution < -0.4 is 5.73 Å². The standard InChI is InChI=1S/C14H17BrN2S/c1-3-4-12(16)14-17-13(9(2)18-14)10-5-7-11(15)8-6-10/h5-8,12H,3-4,16H2,1-2H3. The molecule has 2 rings (SSSR count). The van der Waals surface area contributed by atoms with Gasteiger partial charge in [0, 0.05) is 14.9 Å². The molecule has 0 saturated heterocycles. The van der Waals surface area contributed by atoms with Crippen LogP contribution in [0.1, 0.15) is 35.7 Å². The average Bonchev–Trinajstić information content (AvgIpc) is 2.73. The van der Waals surface area contributed by atoms with E-state index in [4.69, 9.17) is 10.7 Å². The molecular weight excluding hydrogens is 308 g/mol. The molecule has 2 aromatic rings. The molecule has 1 heterocycles. The normalized spacial score (nSPS) is 12.7. The molecule has 18 heavy (non-hydrogen) atoms. The lowest BCUT2D eigenvalue weighted by molar-refractivity contribution is 0.635. The van der Waals surface area contributed by atoms with Crippen LogP contribution in [0, 0.1) is 6.92 Å². The van der Waals surface area contributed by atoms with Crippen LogP contribution in [-0.2, 0) is 0 Å². The third-order valence-corrected chi connectivity index (χ3v) is 4.48. The molecule has 0 aliphatic carbocycles. The third kappa shape index (κ3) is 2.99. The highest BCUT2D eigenvalue weighted by molar-refractivity contribution is 9.10. The predicted octanol–water partition coefficient (Wildman–Crippen LogP) is 4.68. The van der Waals surface area contributed by atoms with Crippen molar-refractivity contribution in [1.82, 2.24) is 4.98 Å². The summed E-state index contributed by atoms with van der Waals surface area (Å²) in [5.74, 6) is 0. The van der Waals surface area contributed by atoms with Crippen molar-refractivity contribution in [3.63, 3.8) is 0 Å². The van der Waals surface area contributed by atoms with E-state index in [0.717, 1.165) is 33.6 Å². The molecule has 0 bridgehead atoms. The Hall–Kier alpha value is -0.710. The van der Waals surface area contributed by atoms with Crippen molar-refractivity contribution in [2.24, 2.45) is 5.73 Å². The van der Waals surface area contributed by atoms with Gasteiger partial charge in [-0.2, -0.15) is 0 Å². The number of benzene rings is 1. The molecule has 1 aromatic heterocycles. The molecule has 2 N–H and O–H groups in total. The summed E-state index contributed by atoms with van der Waals surface area (Å²) in [6.07, 6.45) is 2.08. The summed E-state index contributed by atoms with van der Waals surface area (Å²) in [5.41, 5.74) is 8.35. The first-order chi connectivity index (χ1) is 8.61. The lowest BCUT2D eigenvalue weighted by Gasteiger charge is -2.05. The van der Waals surface area contributed by atoms with E-state index in [1.165, 1.54) is 4.88 Å². The fourth-order valence-corrected chi connectivity index (χ4v) is 3.13. The molecule has 0 spiro atoms. The van der Waals surface area contributed by atoms with E-state index >= 15 is 0 Å². The van der Waals surface area contributed by atoms with Gasteiger partial charge in [0.15, 0.2) is 0 Å². The number of nitrogens with two attached hydrogens (primary N) is 1. The second-order valence-electron chi connectivity index (χ2n) is 4.36. The Labute approximate surface area is 120 Å². The minimum Gasteiger partial charge on any atom is -0.322 e. The zero-order valence-corrected chi connectivity index (χ0v) is 13.0. The molecule has 1 aromatic carbocycles. The van der Waals surface area contributed by atoms with Crippen LogP contribution in [0.5, 0.6) is 0 Å². The van der Waals surface area contributed by atoms with Gasteiger partial charge in [-0.1, -0.05) is 41.4 Å². The Morgan fingerprint density at radius 3 is 2.61 bits per heavy atom. The minimum absolute atomic E-state index is 0.0721. The molecule has 96 valence electrons. The number of hydrogen-bond donors (Lipinski definition) is 1. The van der Waals surface area contributed by atoms with Gasteiger partial charge in [-0.05, 0) is 25.5 Å². The Balaban J connectivity index is 2.31. The molecule has 4 heteroatoms. The van der Waals surface area contributed by atoms with Gasteiger partial charge in [-0.25, -0.2) is 4.98 Å². The van der Waals surface area contributed by atoms with Crippen LogP contribution >= 0.6 is 27.3 Å². The molecule has 0 aliphatic heterocycles. The third-order valence-electron chi connectivity index (χ3n) is 2.85. The number of aromatic nitrogens is 1. The monoisotopic (exact) mass is 324 g/mol. The summed E-state index contributed by atoms with van der Waals surface area (Å²) in [5, 5.41) is 1.05. The average molecular weight is 325 g/mol. The van der Waals surface area contributed by atoms with Gasteiger partial charge in [0.1, 0.15) is 5.01 Å². The van der Waals surface area contributed by atoms with Gasteiger partial charge < -0.3 is 5.73 Å². The second-order valence-corrected chi connectivity index (χ2v) is 6.51. The van der Waals surface area contributed by atoms with E-state index in [1.807, 2.05) is 12.1 Å². The first-order valence-electron chi connectivity index (χ1n) is 6.10. The minimum atomic E-state index is 0.0721. The summed E-state index contributed by atoms with van der Waals surface area (Å²) in [4.78, 5) is 5.94. The van der Waals surface area contributed by atoms with Crippen molar-refractivity contribution in [3.05, 3.63) is 38.6 Å². The Kier molecular flexibility index (Phi) is 4.54. The van der Waals surface area contributed by atoms with Crippen molar-refractivity contribution >= 4 is 27.3 Å². The summed E-state index contributed by atoms with van der Waals surface area (Å²) in [7, 11) is 0. The fraction of sp³-hybridized carbons (Fsp3) is 0.357. The Morgan fingerprint density at radius 2 is 2.00 bits per heavy atom. The Bertz CT molecular complexity index is 519. The highest BCUT2D eigenvalue weighted by atomic mass is 79.9. The number of aryl methyl sites for hydroxylation is 1. The predicted molar refractivity (Wildman–Crippen MR) is 81.8 cm³/mol. The maximum absolute atomic E-state index is 6.13. The highest BCUT2D eigenvalue weighted by Crippen LogP contribution is 2.31. The molecule has 2 nitrogen and oxygen atoms in total. The van der Waals surface area contributed by atoms with Gasteiger partial charge in [-0.3, -0.25) is 0 Å². The highest BCUT2D eigenvalue weighted by Gasteiger charge is 2.14. The number of rotatable bonds is 4. The van der Waals surface area contributed by atoms with E-state index < -0.39 is 0 Å². The van der Waals surface area contributed by atoms with Crippen LogP contribution in [0.4, 0.5) is 0 Å². The molecule has 0 amide bonds. The van der Waals surface area contributed by atoms with Crippen LogP contribution in [0.25, 0.3) is 11.3 Å². The largest absolute Gasteiger partial charge is 0.322 e. The molecule has 0 aliphatic rings. The first kappa shape index (κ1) is 13.7. The van der Waals surface area contributed by atoms with Crippen molar-refractivity contribution in [2.45, 2.75) is 32.7 Å². The van der Waals surface area contributed by atoms with Crippen LogP contribution in [-0.4, -0.2) is 4.98 Å². The number of hydrogen-bond acceptors (Lipinski definition) is 3. The van der Waals surface area contributed by atoms with Crippen LogP contribution in [0.2, 0.25) is 0 Å². The summed E-state index contributed by atoms with van der Waals surface area (Å²) >= 11 is 5.16. The zero-order chi connectivity index (χ0) is 13.1. The fourth-order valence-electron chi connectivity index (χ4n) is 1.89. The maximum Gasteiger partial charge on any atom is 0.110 e. The maximum atomic E-state index is 6.13. The molecular formula is C14H17BrN2S. The lowest BCUT2D eigenvalue weighted by atomic mass is 10.1. The molecule has 0 radical (unpaired) electrons. The van der Waals surface area contributed by atoms with E-state index in [2.05, 4.69) is 41.9 Å². The van der Waals surface area contributed by atoms with E-state index in [9.17, 15) is 0 Å². The lowest BCUT2D eigenvalue weighted by Crippen LogP contribution is -2.09. The summed E-state index contributed by atoms with van der Waals surface area (Å²) < 4.78 is 1.09. The molecule has 1 unspecified atom stereocenters. The number of halogens is 1. The number of nitrogens with zero attached hydrogens (tertiary/aromatic N) is 1. The smallest absolute Gasteiger partial charge is 0.110 e. The van der Waals surface area contributed by atoms with Gasteiger partial charge in [-0.15, -0.1) is 11.3 Å². The quantitative estimate of drug-likeness (QED) is 0.886. The SMILES string of the molecule is CCCC(N)c1nc(-c2ccc(Br)cc2)c(C)s1. The van der Waals surface area contributed by atoms with Gasteiger partial charge >= 0.3 is 0 Å². The van der Waals surface area contributed by atoms with E-state index in [0.29, 0.717) is 0 Å². The van der Waals surface area contributed by atoms with Crippen LogP contribution in [0.3, 0.4) is 0 Å². The van der Waals surface area contributed by atoms with Gasteiger partial charge in [0.25, 0.3) is 0 Å². The summed E-state index contributed by atoms with van der Waals surface area (Å²) in [6.45, 7) is 4.26. The topological polar surface area (TPSA) is 38.9 Å². The van der Waals surface area contributed by atoms with E-state index in [1.54, 1.807) is 11.3 Å². The van der Waals surface area contributed by atoms with Crippen molar-refractivity contribution in [1.29, 1.82) is 0 Å². The van der Waals surface area contributed by atoms with Crippen molar-refractivity contribution in [2.75, 3.05) is 0 Å². The summed E-state index contributed by atoms with van der Waals surface area (Å²) in [6, 6.07) is 8.32. The van der Waals surface area contributed by atoms with Crippen molar-refractivity contribution < 1.29 is 0 Å². The van der Waals surface area contributed by atoms with Crippen LogP contribution in [0.15, 0.2) is 28.7 Å². The number of thiazole rings is 1. The van der Waals surface area contributed by atoms with Gasteiger partial charge in [0.2, 0.25) is 0 Å². The zero-order valence-electron chi connectivity index (χ0n) is 10.6. The van der Waals surface area contributed by atoms with Gasteiger partial charge in [0.05, 0.1) is 11.7 Å².